The van der Waals surface area contributed by atoms with Gasteiger partial charge in [-0.15, -0.1) is 0 Å². The molecule has 2 amide bonds. The molecular weight excluding hydrogens is 324 g/mol. The van der Waals surface area contributed by atoms with Crippen LogP contribution >= 0.6 is 15.9 Å². The molecule has 0 unspecified atom stereocenters. The lowest BCUT2D eigenvalue weighted by atomic mass is 10.2. The van der Waals surface area contributed by atoms with Crippen LogP contribution in [0.25, 0.3) is 6.08 Å². The van der Waals surface area contributed by atoms with Gasteiger partial charge in [-0.1, -0.05) is 15.9 Å². The predicted octanol–water partition coefficient (Wildman–Crippen LogP) is 1.72. The molecule has 0 spiro atoms. The molecule has 0 radical (unpaired) electrons. The van der Waals surface area contributed by atoms with Crippen LogP contribution in [-0.2, 0) is 9.59 Å². The minimum absolute atomic E-state index is 0.0351. The lowest BCUT2D eigenvalue weighted by molar-refractivity contribution is -0.123. The highest BCUT2D eigenvalue weighted by atomic mass is 79.9. The summed E-state index contributed by atoms with van der Waals surface area (Å²) in [7, 11) is 1.57. The molecule has 0 atom stereocenters. The topological polar surface area (TPSA) is 67.4 Å². The Kier molecular flexibility index (Phi) is 6.79. The van der Waals surface area contributed by atoms with Crippen molar-refractivity contribution in [3.05, 3.63) is 34.3 Å². The summed E-state index contributed by atoms with van der Waals surface area (Å²) in [5.41, 5.74) is 0.773. The van der Waals surface area contributed by atoms with E-state index >= 15 is 0 Å². The van der Waals surface area contributed by atoms with Crippen molar-refractivity contribution >= 4 is 33.8 Å². The van der Waals surface area contributed by atoms with Gasteiger partial charge in [0.25, 0.3) is 0 Å². The van der Waals surface area contributed by atoms with Gasteiger partial charge in [0, 0.05) is 22.7 Å². The third-order valence-corrected chi connectivity index (χ3v) is 2.90. The zero-order valence-corrected chi connectivity index (χ0v) is 13.0. The standard InChI is InChI=1S/C14H17BrN2O3/c1-3-16-14(19)9-17-13(18)7-4-10-8-11(15)5-6-12(10)20-2/h4-8H,3,9H2,1-2H3,(H,16,19)(H,17,18)/b7-4+. The van der Waals surface area contributed by atoms with Crippen LogP contribution in [0.4, 0.5) is 0 Å². The monoisotopic (exact) mass is 340 g/mol. The van der Waals surface area contributed by atoms with E-state index in [0.29, 0.717) is 12.3 Å². The van der Waals surface area contributed by atoms with E-state index in [0.717, 1.165) is 10.0 Å². The molecule has 0 aliphatic rings. The van der Waals surface area contributed by atoms with E-state index in [1.165, 1.54) is 6.08 Å². The Labute approximate surface area is 126 Å². The average Bonchev–Trinajstić information content (AvgIpc) is 2.43. The number of benzene rings is 1. The molecule has 1 aromatic rings. The smallest absolute Gasteiger partial charge is 0.244 e. The van der Waals surface area contributed by atoms with Crippen molar-refractivity contribution in [1.29, 1.82) is 0 Å². The maximum Gasteiger partial charge on any atom is 0.244 e. The van der Waals surface area contributed by atoms with Crippen molar-refractivity contribution in [3.63, 3.8) is 0 Å². The number of ether oxygens (including phenoxy) is 1. The third kappa shape index (κ3) is 5.44. The van der Waals surface area contributed by atoms with Gasteiger partial charge in [0.2, 0.25) is 11.8 Å². The zero-order valence-electron chi connectivity index (χ0n) is 11.4. The summed E-state index contributed by atoms with van der Waals surface area (Å²) < 4.78 is 6.08. The Hall–Kier alpha value is -1.82. The second-order valence-corrected chi connectivity index (χ2v) is 4.81. The highest BCUT2D eigenvalue weighted by Crippen LogP contribution is 2.23. The highest BCUT2D eigenvalue weighted by Gasteiger charge is 2.03. The molecule has 0 fully saturated rings. The van der Waals surface area contributed by atoms with Crippen molar-refractivity contribution in [2.45, 2.75) is 6.92 Å². The van der Waals surface area contributed by atoms with E-state index < -0.39 is 0 Å². The quantitative estimate of drug-likeness (QED) is 0.775. The van der Waals surface area contributed by atoms with Crippen LogP contribution in [0.1, 0.15) is 12.5 Å². The van der Waals surface area contributed by atoms with Crippen LogP contribution in [0.2, 0.25) is 0 Å². The molecule has 108 valence electrons. The van der Waals surface area contributed by atoms with E-state index in [9.17, 15) is 9.59 Å². The number of carbonyl (C=O) groups is 2. The number of carbonyl (C=O) groups excluding carboxylic acids is 2. The second-order valence-electron chi connectivity index (χ2n) is 3.89. The van der Waals surface area contributed by atoms with Gasteiger partial charge in [-0.2, -0.15) is 0 Å². The number of methoxy groups -OCH3 is 1. The van der Waals surface area contributed by atoms with Crippen molar-refractivity contribution in [2.75, 3.05) is 20.2 Å². The first-order chi connectivity index (χ1) is 9.56. The van der Waals surface area contributed by atoms with Crippen LogP contribution in [0, 0.1) is 0 Å². The Bertz CT molecular complexity index is 515. The summed E-state index contributed by atoms with van der Waals surface area (Å²) in [6.07, 6.45) is 3.00. The number of amides is 2. The summed E-state index contributed by atoms with van der Waals surface area (Å²) in [4.78, 5) is 22.8. The fraction of sp³-hybridized carbons (Fsp3) is 0.286. The molecule has 0 heterocycles. The van der Waals surface area contributed by atoms with E-state index in [-0.39, 0.29) is 18.4 Å². The number of likely N-dealkylation sites (N-methyl/N-ethyl adjacent to an activating group) is 1. The lowest BCUT2D eigenvalue weighted by Gasteiger charge is -2.05. The number of hydrogen-bond donors (Lipinski definition) is 2. The Morgan fingerprint density at radius 3 is 2.75 bits per heavy atom. The van der Waals surface area contributed by atoms with Crippen LogP contribution < -0.4 is 15.4 Å². The van der Waals surface area contributed by atoms with Crippen LogP contribution in [0.5, 0.6) is 5.75 Å². The zero-order chi connectivity index (χ0) is 15.0. The maximum atomic E-state index is 11.6. The van der Waals surface area contributed by atoms with Gasteiger partial charge < -0.3 is 15.4 Å². The molecule has 1 aromatic carbocycles. The molecule has 6 heteroatoms. The fourth-order valence-corrected chi connectivity index (χ4v) is 1.87. The predicted molar refractivity (Wildman–Crippen MR) is 81.4 cm³/mol. The normalized spacial score (nSPS) is 10.3. The number of nitrogens with one attached hydrogen (secondary N) is 2. The Balaban J connectivity index is 2.61. The third-order valence-electron chi connectivity index (χ3n) is 2.40. The summed E-state index contributed by atoms with van der Waals surface area (Å²) in [6.45, 7) is 2.32. The van der Waals surface area contributed by atoms with Crippen molar-refractivity contribution < 1.29 is 14.3 Å². The summed E-state index contributed by atoms with van der Waals surface area (Å²) in [5.74, 6) is 0.119. The molecule has 20 heavy (non-hydrogen) atoms. The molecule has 5 nitrogen and oxygen atoms in total. The van der Waals surface area contributed by atoms with Crippen LogP contribution in [0.15, 0.2) is 28.7 Å². The molecule has 1 rings (SSSR count). The summed E-state index contributed by atoms with van der Waals surface area (Å²) in [6, 6.07) is 5.49. The molecule has 0 saturated carbocycles. The van der Waals surface area contributed by atoms with Crippen LogP contribution in [0.3, 0.4) is 0 Å². The number of rotatable bonds is 6. The summed E-state index contributed by atoms with van der Waals surface area (Å²) >= 11 is 3.36. The molecule has 0 aromatic heterocycles. The maximum absolute atomic E-state index is 11.6. The molecule has 0 saturated heterocycles. The van der Waals surface area contributed by atoms with E-state index in [1.54, 1.807) is 19.3 Å². The van der Waals surface area contributed by atoms with Gasteiger partial charge in [0.1, 0.15) is 5.75 Å². The largest absolute Gasteiger partial charge is 0.496 e. The minimum Gasteiger partial charge on any atom is -0.496 e. The van der Waals surface area contributed by atoms with E-state index in [2.05, 4.69) is 26.6 Å². The van der Waals surface area contributed by atoms with Crippen molar-refractivity contribution in [3.8, 4) is 5.75 Å². The van der Waals surface area contributed by atoms with E-state index in [4.69, 9.17) is 4.74 Å². The van der Waals surface area contributed by atoms with Gasteiger partial charge in [-0.25, -0.2) is 0 Å². The van der Waals surface area contributed by atoms with Crippen LogP contribution in [-0.4, -0.2) is 32.0 Å². The van der Waals surface area contributed by atoms with Gasteiger partial charge in [0.05, 0.1) is 13.7 Å². The molecular formula is C14H17BrN2O3. The van der Waals surface area contributed by atoms with Gasteiger partial charge in [-0.05, 0) is 31.2 Å². The number of hydrogen-bond acceptors (Lipinski definition) is 3. The highest BCUT2D eigenvalue weighted by molar-refractivity contribution is 9.10. The fourth-order valence-electron chi connectivity index (χ4n) is 1.49. The SMILES string of the molecule is CCNC(=O)CNC(=O)/C=C/c1cc(Br)ccc1OC. The van der Waals surface area contributed by atoms with Crippen molar-refractivity contribution in [1.82, 2.24) is 10.6 Å². The molecule has 0 bridgehead atoms. The molecule has 0 aliphatic heterocycles. The van der Waals surface area contributed by atoms with Gasteiger partial charge in [-0.3, -0.25) is 9.59 Å². The Morgan fingerprint density at radius 1 is 1.35 bits per heavy atom. The number of halogens is 1. The first kappa shape index (κ1) is 16.2. The lowest BCUT2D eigenvalue weighted by Crippen LogP contribution is -2.35. The molecule has 2 N–H and O–H groups in total. The Morgan fingerprint density at radius 2 is 2.10 bits per heavy atom. The van der Waals surface area contributed by atoms with E-state index in [1.807, 2.05) is 19.1 Å². The van der Waals surface area contributed by atoms with Gasteiger partial charge >= 0.3 is 0 Å². The first-order valence-corrected chi connectivity index (χ1v) is 6.92. The first-order valence-electron chi connectivity index (χ1n) is 6.13. The van der Waals surface area contributed by atoms with Crippen molar-refractivity contribution in [2.24, 2.45) is 0 Å². The summed E-state index contributed by atoms with van der Waals surface area (Å²) in [5, 5.41) is 5.10. The second kappa shape index (κ2) is 8.37. The molecule has 0 aliphatic carbocycles. The average molecular weight is 341 g/mol. The minimum atomic E-state index is -0.335. The van der Waals surface area contributed by atoms with Gasteiger partial charge in [0.15, 0.2) is 0 Å².